The molecule has 4 atom stereocenters. The Balaban J connectivity index is 2.19. The number of nitrogens with two attached hydrogens (primary N) is 1. The van der Waals surface area contributed by atoms with Gasteiger partial charge in [-0.25, -0.2) is 4.98 Å². The van der Waals surface area contributed by atoms with Gasteiger partial charge < -0.3 is 25.8 Å². The second-order valence-corrected chi connectivity index (χ2v) is 4.90. The third kappa shape index (κ3) is 1.81. The molecule has 3 rings (SSSR count). The molecule has 1 saturated heterocycles. The van der Waals surface area contributed by atoms with Crippen LogP contribution in [-0.4, -0.2) is 59.3 Å². The molecular formula is C12H13N5O5. The van der Waals surface area contributed by atoms with Gasteiger partial charge in [0.1, 0.15) is 12.2 Å². The number of terminal acetylenes is 1. The maximum Gasteiger partial charge on any atom is 0.280 e. The fourth-order valence-corrected chi connectivity index (χ4v) is 2.47. The van der Waals surface area contributed by atoms with Gasteiger partial charge in [0.25, 0.3) is 5.56 Å². The van der Waals surface area contributed by atoms with Crippen LogP contribution in [0.3, 0.4) is 0 Å². The Bertz CT molecular complexity index is 823. The number of ether oxygens (including phenoxy) is 1. The van der Waals surface area contributed by atoms with Crippen molar-refractivity contribution in [3.05, 3.63) is 16.7 Å². The molecule has 0 saturated carbocycles. The summed E-state index contributed by atoms with van der Waals surface area (Å²) in [5.41, 5.74) is 2.80. The van der Waals surface area contributed by atoms with E-state index < -0.39 is 36.2 Å². The molecular weight excluding hydrogens is 294 g/mol. The summed E-state index contributed by atoms with van der Waals surface area (Å²) in [6.07, 6.45) is 2.59. The monoisotopic (exact) mass is 307 g/mol. The largest absolute Gasteiger partial charge is 0.394 e. The minimum absolute atomic E-state index is 0.0286. The Morgan fingerprint density at radius 1 is 1.64 bits per heavy atom. The van der Waals surface area contributed by atoms with Crippen LogP contribution in [0.2, 0.25) is 0 Å². The van der Waals surface area contributed by atoms with Crippen LogP contribution in [0.1, 0.15) is 6.23 Å². The number of anilines is 1. The van der Waals surface area contributed by atoms with Gasteiger partial charge in [-0.3, -0.25) is 14.3 Å². The first-order chi connectivity index (χ1) is 10.4. The number of aromatic nitrogens is 4. The predicted octanol–water partition coefficient (Wildman–Crippen LogP) is -2.68. The van der Waals surface area contributed by atoms with E-state index in [1.54, 1.807) is 0 Å². The van der Waals surface area contributed by atoms with Crippen molar-refractivity contribution < 1.29 is 20.1 Å². The Kier molecular flexibility index (Phi) is 3.15. The lowest BCUT2D eigenvalue weighted by molar-refractivity contribution is -0.0721. The molecule has 0 spiro atoms. The van der Waals surface area contributed by atoms with Crippen LogP contribution in [0.4, 0.5) is 5.95 Å². The van der Waals surface area contributed by atoms with Crippen LogP contribution >= 0.6 is 0 Å². The van der Waals surface area contributed by atoms with E-state index in [0.717, 1.165) is 0 Å². The highest BCUT2D eigenvalue weighted by Gasteiger charge is 2.55. The standard InChI is InChI=1S/C12H13N5O5/c1-2-12(21)7(19)5(3-18)22-10(12)17-4-14-6-8(17)15-11(13)16-9(6)20/h1,4-5,7,10,18-19,21H,3H2,(H3,13,15,16,20)/t5-,7-,10-,12-/m1/s1. The second-order valence-electron chi connectivity index (χ2n) is 4.90. The number of hydrogen-bond donors (Lipinski definition) is 5. The number of aliphatic hydroxyl groups is 3. The van der Waals surface area contributed by atoms with Crippen molar-refractivity contribution in [2.45, 2.75) is 24.0 Å². The molecule has 0 bridgehead atoms. The van der Waals surface area contributed by atoms with Crippen LogP contribution in [0.15, 0.2) is 11.1 Å². The third-order valence-corrected chi connectivity index (χ3v) is 3.60. The van der Waals surface area contributed by atoms with Crippen molar-refractivity contribution in [1.29, 1.82) is 0 Å². The van der Waals surface area contributed by atoms with Gasteiger partial charge in [0.05, 0.1) is 12.9 Å². The highest BCUT2D eigenvalue weighted by Crippen LogP contribution is 2.38. The van der Waals surface area contributed by atoms with E-state index in [1.807, 2.05) is 0 Å². The second kappa shape index (κ2) is 4.79. The lowest BCUT2D eigenvalue weighted by atomic mass is 9.95. The molecule has 0 radical (unpaired) electrons. The van der Waals surface area contributed by atoms with E-state index in [-0.39, 0.29) is 17.1 Å². The number of H-pyrrole nitrogens is 1. The molecule has 0 aromatic carbocycles. The fraction of sp³-hybridized carbons (Fsp3) is 0.417. The molecule has 0 aliphatic carbocycles. The number of rotatable bonds is 2. The highest BCUT2D eigenvalue weighted by molar-refractivity contribution is 5.70. The van der Waals surface area contributed by atoms with Gasteiger partial charge in [0, 0.05) is 0 Å². The van der Waals surface area contributed by atoms with Gasteiger partial charge in [0.15, 0.2) is 23.0 Å². The summed E-state index contributed by atoms with van der Waals surface area (Å²) in [6.45, 7) is -0.551. The zero-order valence-electron chi connectivity index (χ0n) is 11.2. The highest BCUT2D eigenvalue weighted by atomic mass is 16.6. The van der Waals surface area contributed by atoms with E-state index in [0.29, 0.717) is 0 Å². The average molecular weight is 307 g/mol. The zero-order chi connectivity index (χ0) is 16.1. The van der Waals surface area contributed by atoms with Gasteiger partial charge in [-0.1, -0.05) is 5.92 Å². The first-order valence-electron chi connectivity index (χ1n) is 6.29. The van der Waals surface area contributed by atoms with Crippen molar-refractivity contribution in [3.8, 4) is 12.3 Å². The predicted molar refractivity (Wildman–Crippen MR) is 73.3 cm³/mol. The zero-order valence-corrected chi connectivity index (χ0v) is 11.2. The Morgan fingerprint density at radius 2 is 2.36 bits per heavy atom. The summed E-state index contributed by atoms with van der Waals surface area (Å²) in [4.78, 5) is 21.9. The van der Waals surface area contributed by atoms with Crippen LogP contribution in [0.5, 0.6) is 0 Å². The molecule has 10 heteroatoms. The van der Waals surface area contributed by atoms with E-state index >= 15 is 0 Å². The SMILES string of the molecule is C#C[C@@]1(O)[C@H](O)[C@@H](CO)O[C@H]1n1cnc2c(=O)[nH]c(N)nc21. The van der Waals surface area contributed by atoms with E-state index in [9.17, 15) is 20.1 Å². The first kappa shape index (κ1) is 14.5. The molecule has 2 aromatic heterocycles. The topological polar surface area (TPSA) is 160 Å². The molecule has 2 aromatic rings. The quantitative estimate of drug-likeness (QED) is 0.375. The number of aromatic amines is 1. The molecule has 0 unspecified atom stereocenters. The molecule has 10 nitrogen and oxygen atoms in total. The number of nitrogen functional groups attached to an aromatic ring is 1. The fourth-order valence-electron chi connectivity index (χ4n) is 2.47. The number of nitrogens with one attached hydrogen (secondary N) is 1. The van der Waals surface area contributed by atoms with Crippen molar-refractivity contribution in [2.75, 3.05) is 12.3 Å². The average Bonchev–Trinajstić information content (AvgIpc) is 3.00. The lowest BCUT2D eigenvalue weighted by Crippen LogP contribution is -2.45. The number of imidazole rings is 1. The summed E-state index contributed by atoms with van der Waals surface area (Å²) in [5, 5.41) is 29.7. The van der Waals surface area contributed by atoms with Crippen molar-refractivity contribution >= 4 is 17.1 Å². The molecule has 0 amide bonds. The number of hydrogen-bond acceptors (Lipinski definition) is 8. The third-order valence-electron chi connectivity index (χ3n) is 3.60. The summed E-state index contributed by atoms with van der Waals surface area (Å²) < 4.78 is 6.59. The van der Waals surface area contributed by atoms with E-state index in [4.69, 9.17) is 16.9 Å². The van der Waals surface area contributed by atoms with Gasteiger partial charge in [-0.05, 0) is 0 Å². The summed E-state index contributed by atoms with van der Waals surface area (Å²) in [6, 6.07) is 0. The van der Waals surface area contributed by atoms with Gasteiger partial charge >= 0.3 is 0 Å². The van der Waals surface area contributed by atoms with Crippen LogP contribution < -0.4 is 11.3 Å². The molecule has 1 aliphatic rings. The van der Waals surface area contributed by atoms with Gasteiger partial charge in [0.2, 0.25) is 5.95 Å². The van der Waals surface area contributed by atoms with Crippen LogP contribution in [0, 0.1) is 12.3 Å². The van der Waals surface area contributed by atoms with Crippen molar-refractivity contribution in [3.63, 3.8) is 0 Å². The van der Waals surface area contributed by atoms with Gasteiger partial charge in [-0.2, -0.15) is 4.98 Å². The van der Waals surface area contributed by atoms with Crippen molar-refractivity contribution in [2.24, 2.45) is 0 Å². The molecule has 116 valence electrons. The smallest absolute Gasteiger partial charge is 0.280 e. The summed E-state index contributed by atoms with van der Waals surface area (Å²) in [5.74, 6) is 1.91. The maximum absolute atomic E-state index is 11.8. The summed E-state index contributed by atoms with van der Waals surface area (Å²) >= 11 is 0. The Hall–Kier alpha value is -2.45. The molecule has 6 N–H and O–H groups in total. The number of nitrogens with zero attached hydrogens (tertiary/aromatic N) is 3. The summed E-state index contributed by atoms with van der Waals surface area (Å²) in [7, 11) is 0. The van der Waals surface area contributed by atoms with E-state index in [1.165, 1.54) is 10.9 Å². The minimum Gasteiger partial charge on any atom is -0.394 e. The maximum atomic E-state index is 11.8. The van der Waals surface area contributed by atoms with Crippen LogP contribution in [0.25, 0.3) is 11.2 Å². The minimum atomic E-state index is -2.12. The number of fused-ring (bicyclic) bond motifs is 1. The van der Waals surface area contributed by atoms with E-state index in [2.05, 4.69) is 20.9 Å². The molecule has 1 fully saturated rings. The van der Waals surface area contributed by atoms with Crippen LogP contribution in [-0.2, 0) is 4.74 Å². The van der Waals surface area contributed by atoms with Gasteiger partial charge in [-0.15, -0.1) is 6.42 Å². The molecule has 22 heavy (non-hydrogen) atoms. The Morgan fingerprint density at radius 3 is 3.00 bits per heavy atom. The molecule has 3 heterocycles. The number of aliphatic hydroxyl groups excluding tert-OH is 2. The Labute approximate surface area is 123 Å². The van der Waals surface area contributed by atoms with Crippen molar-refractivity contribution in [1.82, 2.24) is 19.5 Å². The molecule has 1 aliphatic heterocycles. The normalized spacial score (nSPS) is 31.5. The lowest BCUT2D eigenvalue weighted by Gasteiger charge is -2.26. The first-order valence-corrected chi connectivity index (χ1v) is 6.29.